The molecule has 1 N–H and O–H groups in total. The summed E-state index contributed by atoms with van der Waals surface area (Å²) in [6.45, 7) is 5.25. The quantitative estimate of drug-likeness (QED) is 0.652. The van der Waals surface area contributed by atoms with E-state index in [1.54, 1.807) is 6.92 Å². The van der Waals surface area contributed by atoms with Gasteiger partial charge < -0.3 is 9.84 Å². The maximum absolute atomic E-state index is 10.7. The smallest absolute Gasteiger partial charge is 0.243 e. The fraction of sp³-hybridized carbons (Fsp3) is 0.286. The van der Waals surface area contributed by atoms with E-state index in [-0.39, 0.29) is 12.5 Å². The topological polar surface area (TPSA) is 68.0 Å². The van der Waals surface area contributed by atoms with Gasteiger partial charge in [-0.3, -0.25) is 4.79 Å². The van der Waals surface area contributed by atoms with E-state index in [0.717, 1.165) is 0 Å². The number of nitrogens with zero attached hydrogens (tertiary/aromatic N) is 2. The van der Waals surface area contributed by atoms with E-state index >= 15 is 0 Å². The molecule has 1 heterocycles. The van der Waals surface area contributed by atoms with Gasteiger partial charge in [0.1, 0.15) is 0 Å². The number of carbonyl (C=O) groups is 1. The lowest BCUT2D eigenvalue weighted by molar-refractivity contribution is -0.116. The summed E-state index contributed by atoms with van der Waals surface area (Å²) in [6.07, 6.45) is 1.19. The van der Waals surface area contributed by atoms with Crippen molar-refractivity contribution in [2.75, 3.05) is 0 Å². The number of aryl methyl sites for hydroxylation is 1. The maximum Gasteiger partial charge on any atom is 0.243 e. The average molecular weight is 167 g/mol. The average Bonchev–Trinajstić information content (AvgIpc) is 2.47. The Morgan fingerprint density at radius 2 is 2.58 bits per heavy atom. The predicted molar refractivity (Wildman–Crippen MR) is 41.1 cm³/mol. The summed E-state index contributed by atoms with van der Waals surface area (Å²) in [5.41, 5.74) is 0. The highest BCUT2D eigenvalue weighted by Crippen LogP contribution is 1.93. The first-order chi connectivity index (χ1) is 5.72. The molecule has 0 aliphatic rings. The van der Waals surface area contributed by atoms with Gasteiger partial charge in [-0.1, -0.05) is 11.7 Å². The van der Waals surface area contributed by atoms with Crippen LogP contribution >= 0.6 is 0 Å². The van der Waals surface area contributed by atoms with Crippen LogP contribution in [0.4, 0.5) is 0 Å². The number of amides is 1. The van der Waals surface area contributed by atoms with Crippen molar-refractivity contribution >= 4 is 5.91 Å². The van der Waals surface area contributed by atoms with Crippen LogP contribution in [0.25, 0.3) is 0 Å². The summed E-state index contributed by atoms with van der Waals surface area (Å²) in [6, 6.07) is 0. The Morgan fingerprint density at radius 3 is 3.08 bits per heavy atom. The lowest BCUT2D eigenvalue weighted by Crippen LogP contribution is -2.20. The van der Waals surface area contributed by atoms with Gasteiger partial charge in [-0.05, 0) is 6.08 Å². The summed E-state index contributed by atoms with van der Waals surface area (Å²) in [5.74, 6) is 0.693. The minimum Gasteiger partial charge on any atom is -0.345 e. The van der Waals surface area contributed by atoms with Crippen molar-refractivity contribution in [1.29, 1.82) is 0 Å². The molecule has 0 aliphatic heterocycles. The minimum atomic E-state index is -0.252. The Labute approximate surface area is 69.5 Å². The number of nitrogens with one attached hydrogen (secondary N) is 1. The highest BCUT2D eigenvalue weighted by atomic mass is 16.5. The third-order valence-electron chi connectivity index (χ3n) is 1.18. The number of aromatic nitrogens is 2. The molecule has 0 aromatic carbocycles. The van der Waals surface area contributed by atoms with Crippen LogP contribution in [0.5, 0.6) is 0 Å². The first-order valence-corrected chi connectivity index (χ1v) is 3.42. The van der Waals surface area contributed by atoms with E-state index in [2.05, 4.69) is 22.0 Å². The molecule has 0 bridgehead atoms. The van der Waals surface area contributed by atoms with Crippen LogP contribution in [0, 0.1) is 6.92 Å². The van der Waals surface area contributed by atoms with Gasteiger partial charge in [0.05, 0.1) is 6.54 Å². The molecule has 5 nitrogen and oxygen atoms in total. The lowest BCUT2D eigenvalue weighted by atomic mass is 10.5. The minimum absolute atomic E-state index is 0.252. The van der Waals surface area contributed by atoms with Crippen molar-refractivity contribution in [3.05, 3.63) is 24.4 Å². The molecule has 64 valence electrons. The highest BCUT2D eigenvalue weighted by Gasteiger charge is 2.01. The summed E-state index contributed by atoms with van der Waals surface area (Å²) in [4.78, 5) is 14.6. The monoisotopic (exact) mass is 167 g/mol. The Kier molecular flexibility index (Phi) is 2.57. The summed E-state index contributed by atoms with van der Waals surface area (Å²) >= 11 is 0. The van der Waals surface area contributed by atoms with E-state index < -0.39 is 0 Å². The number of rotatable bonds is 3. The van der Waals surface area contributed by atoms with Gasteiger partial charge in [0.2, 0.25) is 11.8 Å². The lowest BCUT2D eigenvalue weighted by Gasteiger charge is -1.94. The van der Waals surface area contributed by atoms with E-state index in [0.29, 0.717) is 11.7 Å². The molecule has 0 saturated carbocycles. The Bertz CT molecular complexity index is 293. The van der Waals surface area contributed by atoms with E-state index in [1.807, 2.05) is 0 Å². The second kappa shape index (κ2) is 3.66. The molecular formula is C7H9N3O2. The van der Waals surface area contributed by atoms with Crippen molar-refractivity contribution in [3.63, 3.8) is 0 Å². The van der Waals surface area contributed by atoms with Crippen molar-refractivity contribution in [2.45, 2.75) is 13.5 Å². The summed E-state index contributed by atoms with van der Waals surface area (Å²) in [7, 11) is 0. The second-order valence-electron chi connectivity index (χ2n) is 2.15. The first kappa shape index (κ1) is 8.45. The van der Waals surface area contributed by atoms with Gasteiger partial charge in [0.15, 0.2) is 5.82 Å². The Hall–Kier alpha value is -1.65. The molecule has 0 fully saturated rings. The molecule has 1 aromatic rings. The molecule has 5 heteroatoms. The molecule has 1 aromatic heterocycles. The van der Waals surface area contributed by atoms with Crippen molar-refractivity contribution < 1.29 is 9.32 Å². The van der Waals surface area contributed by atoms with Gasteiger partial charge >= 0.3 is 0 Å². The maximum atomic E-state index is 10.7. The Balaban J connectivity index is 2.43. The summed E-state index contributed by atoms with van der Waals surface area (Å²) in [5, 5.41) is 6.11. The van der Waals surface area contributed by atoms with Crippen LogP contribution < -0.4 is 5.32 Å². The molecule has 1 rings (SSSR count). The third-order valence-corrected chi connectivity index (χ3v) is 1.18. The molecule has 12 heavy (non-hydrogen) atoms. The zero-order valence-electron chi connectivity index (χ0n) is 6.70. The van der Waals surface area contributed by atoms with Crippen LogP contribution in [0.15, 0.2) is 17.2 Å². The zero-order chi connectivity index (χ0) is 8.97. The normalized spacial score (nSPS) is 9.42. The fourth-order valence-electron chi connectivity index (χ4n) is 0.651. The largest absolute Gasteiger partial charge is 0.345 e. The van der Waals surface area contributed by atoms with Gasteiger partial charge in [-0.25, -0.2) is 0 Å². The van der Waals surface area contributed by atoms with Crippen LogP contribution in [0.3, 0.4) is 0 Å². The molecular weight excluding hydrogens is 158 g/mol. The van der Waals surface area contributed by atoms with Gasteiger partial charge in [-0.15, -0.1) is 0 Å². The van der Waals surface area contributed by atoms with Crippen LogP contribution in [0.1, 0.15) is 11.7 Å². The standard InChI is InChI=1S/C7H9N3O2/c1-3-7(11)8-4-6-9-5(2)12-10-6/h3H,1,4H2,2H3,(H,8,11). The number of hydrogen-bond donors (Lipinski definition) is 1. The second-order valence-corrected chi connectivity index (χ2v) is 2.15. The SMILES string of the molecule is C=CC(=O)NCc1noc(C)n1. The van der Waals surface area contributed by atoms with E-state index in [1.165, 1.54) is 6.08 Å². The molecule has 1 amide bonds. The van der Waals surface area contributed by atoms with E-state index in [4.69, 9.17) is 4.52 Å². The van der Waals surface area contributed by atoms with Gasteiger partial charge in [-0.2, -0.15) is 4.98 Å². The molecule has 0 saturated heterocycles. The van der Waals surface area contributed by atoms with Crippen LogP contribution in [0.2, 0.25) is 0 Å². The number of carbonyl (C=O) groups excluding carboxylic acids is 1. The number of hydrogen-bond acceptors (Lipinski definition) is 4. The first-order valence-electron chi connectivity index (χ1n) is 3.42. The van der Waals surface area contributed by atoms with E-state index in [9.17, 15) is 4.79 Å². The summed E-state index contributed by atoms with van der Waals surface area (Å²) < 4.78 is 4.69. The van der Waals surface area contributed by atoms with Crippen molar-refractivity contribution in [3.8, 4) is 0 Å². The van der Waals surface area contributed by atoms with Crippen molar-refractivity contribution in [2.24, 2.45) is 0 Å². The van der Waals surface area contributed by atoms with Crippen molar-refractivity contribution in [1.82, 2.24) is 15.5 Å². The van der Waals surface area contributed by atoms with Crippen LogP contribution in [-0.2, 0) is 11.3 Å². The van der Waals surface area contributed by atoms with Crippen LogP contribution in [-0.4, -0.2) is 16.0 Å². The zero-order valence-corrected chi connectivity index (χ0v) is 6.70. The van der Waals surface area contributed by atoms with Gasteiger partial charge in [0, 0.05) is 6.92 Å². The fourth-order valence-corrected chi connectivity index (χ4v) is 0.651. The molecule has 0 aliphatic carbocycles. The molecule has 0 unspecified atom stereocenters. The Morgan fingerprint density at radius 1 is 1.83 bits per heavy atom. The molecule has 0 radical (unpaired) electrons. The van der Waals surface area contributed by atoms with Gasteiger partial charge in [0.25, 0.3) is 0 Å². The third kappa shape index (κ3) is 2.19. The molecule has 0 atom stereocenters. The molecule has 0 spiro atoms. The predicted octanol–water partition coefficient (Wildman–Crippen LogP) is 0.180. The highest BCUT2D eigenvalue weighted by molar-refractivity contribution is 5.86.